The van der Waals surface area contributed by atoms with Gasteiger partial charge in [0.05, 0.1) is 0 Å². The molecule has 7 atom stereocenters. The first-order chi connectivity index (χ1) is 8.17. The quantitative estimate of drug-likeness (QED) is 0.603. The molecule has 4 saturated carbocycles. The van der Waals surface area contributed by atoms with Crippen molar-refractivity contribution in [3.63, 3.8) is 0 Å². The zero-order chi connectivity index (χ0) is 11.8. The van der Waals surface area contributed by atoms with E-state index in [4.69, 9.17) is 0 Å². The van der Waals surface area contributed by atoms with E-state index in [0.29, 0.717) is 0 Å². The second-order valence-electron chi connectivity index (χ2n) is 8.04. The Morgan fingerprint density at radius 3 is 2.35 bits per heavy atom. The van der Waals surface area contributed by atoms with E-state index in [0.717, 1.165) is 29.1 Å². The van der Waals surface area contributed by atoms with Crippen LogP contribution in [0.5, 0.6) is 0 Å². The molecule has 0 aromatic carbocycles. The molecule has 4 rings (SSSR count). The maximum atomic E-state index is 2.51. The Kier molecular flexibility index (Phi) is 2.12. The molecule has 4 fully saturated rings. The van der Waals surface area contributed by atoms with Crippen LogP contribution >= 0.6 is 0 Å². The van der Waals surface area contributed by atoms with Gasteiger partial charge in [-0.3, -0.25) is 0 Å². The predicted octanol–water partition coefficient (Wildman–Crippen LogP) is 4.74. The smallest absolute Gasteiger partial charge is 0.0243 e. The molecule has 0 spiro atoms. The summed E-state index contributed by atoms with van der Waals surface area (Å²) < 4.78 is 0. The molecule has 17 heavy (non-hydrogen) atoms. The minimum absolute atomic E-state index is 0.746. The SMILES string of the molecule is CCC1(C(C)C)CC2CC1C1C3CCC(C3)C21. The summed E-state index contributed by atoms with van der Waals surface area (Å²) >= 11 is 0. The topological polar surface area (TPSA) is 0 Å². The highest BCUT2D eigenvalue weighted by Gasteiger charge is 2.66. The molecule has 0 aromatic heterocycles. The lowest BCUT2D eigenvalue weighted by atomic mass is 9.56. The standard InChI is InChI=1S/C17H28/c1-4-17(10(2)3)9-13-8-14(17)16-12-6-5-11(7-12)15(13)16/h10-16H,4-9H2,1-3H3. The van der Waals surface area contributed by atoms with E-state index in [1.54, 1.807) is 32.1 Å². The molecule has 0 aromatic rings. The van der Waals surface area contributed by atoms with Gasteiger partial charge in [-0.05, 0) is 85.4 Å². The van der Waals surface area contributed by atoms with Crippen molar-refractivity contribution in [2.45, 2.75) is 59.3 Å². The third-order valence-electron chi connectivity index (χ3n) is 7.80. The predicted molar refractivity (Wildman–Crippen MR) is 71.6 cm³/mol. The van der Waals surface area contributed by atoms with Gasteiger partial charge in [0, 0.05) is 0 Å². The Hall–Kier alpha value is 0. The summed E-state index contributed by atoms with van der Waals surface area (Å²) in [5, 5.41) is 0. The second kappa shape index (κ2) is 3.31. The Morgan fingerprint density at radius 1 is 1.00 bits per heavy atom. The molecule has 0 saturated heterocycles. The van der Waals surface area contributed by atoms with Crippen molar-refractivity contribution in [1.29, 1.82) is 0 Å². The summed E-state index contributed by atoms with van der Waals surface area (Å²) in [6.45, 7) is 7.49. The molecule has 0 radical (unpaired) electrons. The zero-order valence-electron chi connectivity index (χ0n) is 11.8. The molecule has 0 heteroatoms. The lowest BCUT2D eigenvalue weighted by molar-refractivity contribution is -0.00253. The van der Waals surface area contributed by atoms with Gasteiger partial charge in [0.1, 0.15) is 0 Å². The Balaban J connectivity index is 1.70. The summed E-state index contributed by atoms with van der Waals surface area (Å²) in [6.07, 6.45) is 9.47. The van der Waals surface area contributed by atoms with E-state index < -0.39 is 0 Å². The van der Waals surface area contributed by atoms with Crippen LogP contribution in [0.4, 0.5) is 0 Å². The van der Waals surface area contributed by atoms with Crippen molar-refractivity contribution in [1.82, 2.24) is 0 Å². The van der Waals surface area contributed by atoms with Crippen LogP contribution in [0.25, 0.3) is 0 Å². The summed E-state index contributed by atoms with van der Waals surface area (Å²) in [7, 11) is 0. The first-order valence-electron chi connectivity index (χ1n) is 8.17. The van der Waals surface area contributed by atoms with Crippen LogP contribution in [-0.2, 0) is 0 Å². The third kappa shape index (κ3) is 1.12. The first kappa shape index (κ1) is 10.9. The first-order valence-corrected chi connectivity index (χ1v) is 8.17. The van der Waals surface area contributed by atoms with Gasteiger partial charge in [0.2, 0.25) is 0 Å². The Morgan fingerprint density at radius 2 is 1.71 bits per heavy atom. The molecule has 0 amide bonds. The van der Waals surface area contributed by atoms with E-state index in [-0.39, 0.29) is 0 Å². The summed E-state index contributed by atoms with van der Waals surface area (Å²) in [5.41, 5.74) is 0.746. The highest BCUT2D eigenvalue weighted by atomic mass is 14.7. The fourth-order valence-electron chi connectivity index (χ4n) is 7.27. The lowest BCUT2D eigenvalue weighted by Crippen LogP contribution is -2.42. The summed E-state index contributed by atoms with van der Waals surface area (Å²) in [6, 6.07) is 0. The molecule has 0 nitrogen and oxygen atoms in total. The molecule has 0 heterocycles. The van der Waals surface area contributed by atoms with Gasteiger partial charge in [-0.15, -0.1) is 0 Å². The summed E-state index contributed by atoms with van der Waals surface area (Å²) in [4.78, 5) is 0. The van der Waals surface area contributed by atoms with Crippen LogP contribution < -0.4 is 0 Å². The fraction of sp³-hybridized carbons (Fsp3) is 1.00. The molecule has 7 unspecified atom stereocenters. The van der Waals surface area contributed by atoms with Crippen LogP contribution in [0.15, 0.2) is 0 Å². The normalized spacial score (nSPS) is 59.3. The van der Waals surface area contributed by atoms with Crippen molar-refractivity contribution in [3.8, 4) is 0 Å². The maximum Gasteiger partial charge on any atom is -0.0243 e. The van der Waals surface area contributed by atoms with Gasteiger partial charge in [-0.1, -0.05) is 20.8 Å². The molecule has 0 aliphatic heterocycles. The van der Waals surface area contributed by atoms with Crippen molar-refractivity contribution in [2.24, 2.45) is 46.8 Å². The maximum absolute atomic E-state index is 2.51. The average molecular weight is 232 g/mol. The molecule has 4 aliphatic carbocycles. The molecule has 4 bridgehead atoms. The summed E-state index contributed by atoms with van der Waals surface area (Å²) in [5.74, 6) is 7.88. The van der Waals surface area contributed by atoms with Gasteiger partial charge < -0.3 is 0 Å². The molecule has 96 valence electrons. The van der Waals surface area contributed by atoms with Gasteiger partial charge in [-0.25, -0.2) is 0 Å². The number of hydrogen-bond donors (Lipinski definition) is 0. The number of hydrogen-bond acceptors (Lipinski definition) is 0. The highest BCUT2D eigenvalue weighted by Crippen LogP contribution is 2.73. The van der Waals surface area contributed by atoms with Crippen molar-refractivity contribution < 1.29 is 0 Å². The van der Waals surface area contributed by atoms with Gasteiger partial charge in [0.25, 0.3) is 0 Å². The number of rotatable bonds is 2. The second-order valence-corrected chi connectivity index (χ2v) is 8.04. The van der Waals surface area contributed by atoms with E-state index in [2.05, 4.69) is 20.8 Å². The van der Waals surface area contributed by atoms with Gasteiger partial charge in [0.15, 0.2) is 0 Å². The third-order valence-corrected chi connectivity index (χ3v) is 7.80. The van der Waals surface area contributed by atoms with E-state index in [1.807, 2.05) is 0 Å². The van der Waals surface area contributed by atoms with E-state index in [9.17, 15) is 0 Å². The van der Waals surface area contributed by atoms with Crippen LogP contribution in [-0.4, -0.2) is 0 Å². The van der Waals surface area contributed by atoms with Crippen molar-refractivity contribution in [3.05, 3.63) is 0 Å². The lowest BCUT2D eigenvalue weighted by Gasteiger charge is -2.49. The molecular formula is C17H28. The van der Waals surface area contributed by atoms with Crippen LogP contribution in [0.2, 0.25) is 0 Å². The fourth-order valence-corrected chi connectivity index (χ4v) is 7.27. The zero-order valence-corrected chi connectivity index (χ0v) is 11.8. The van der Waals surface area contributed by atoms with Crippen molar-refractivity contribution >= 4 is 0 Å². The molecule has 0 N–H and O–H groups in total. The van der Waals surface area contributed by atoms with Gasteiger partial charge in [-0.2, -0.15) is 0 Å². The minimum Gasteiger partial charge on any atom is -0.0648 e. The molecule has 4 aliphatic rings. The van der Waals surface area contributed by atoms with E-state index >= 15 is 0 Å². The van der Waals surface area contributed by atoms with E-state index in [1.165, 1.54) is 24.2 Å². The van der Waals surface area contributed by atoms with Gasteiger partial charge >= 0.3 is 0 Å². The van der Waals surface area contributed by atoms with Crippen LogP contribution in [0, 0.1) is 46.8 Å². The number of fused-ring (bicyclic) bond motifs is 9. The minimum atomic E-state index is 0.746. The van der Waals surface area contributed by atoms with Crippen LogP contribution in [0.3, 0.4) is 0 Å². The molecular weight excluding hydrogens is 204 g/mol. The Bertz CT molecular complexity index is 331. The monoisotopic (exact) mass is 232 g/mol. The van der Waals surface area contributed by atoms with Crippen LogP contribution in [0.1, 0.15) is 59.3 Å². The average Bonchev–Trinajstić information content (AvgIpc) is 3.05. The Labute approximate surface area is 107 Å². The largest absolute Gasteiger partial charge is 0.0648 e. The highest BCUT2D eigenvalue weighted by molar-refractivity contribution is 5.15. The van der Waals surface area contributed by atoms with Crippen molar-refractivity contribution in [2.75, 3.05) is 0 Å².